The highest BCUT2D eigenvalue weighted by atomic mass is 79.9. The normalized spacial score (nSPS) is 10.5. The van der Waals surface area contributed by atoms with Crippen molar-refractivity contribution in [1.82, 2.24) is 9.78 Å². The Morgan fingerprint density at radius 3 is 2.82 bits per heavy atom. The Balaban J connectivity index is 2.22. The molecule has 0 aliphatic rings. The van der Waals surface area contributed by atoms with Gasteiger partial charge in [0.25, 0.3) is 0 Å². The molecule has 0 aliphatic carbocycles. The highest BCUT2D eigenvalue weighted by molar-refractivity contribution is 9.10. The monoisotopic (exact) mass is 298 g/mol. The molecule has 2 rings (SSSR count). The molecule has 0 spiro atoms. The van der Waals surface area contributed by atoms with Gasteiger partial charge < -0.3 is 5.11 Å². The van der Waals surface area contributed by atoms with Gasteiger partial charge in [-0.15, -0.1) is 0 Å². The highest BCUT2D eigenvalue weighted by Gasteiger charge is 2.08. The smallest absolute Gasteiger partial charge is 0.356 e. The van der Waals surface area contributed by atoms with Gasteiger partial charge in [0.1, 0.15) is 5.82 Å². The number of halogens is 2. The molecule has 0 saturated carbocycles. The maximum absolute atomic E-state index is 13.5. The van der Waals surface area contributed by atoms with Crippen molar-refractivity contribution in [3.05, 3.63) is 52.0 Å². The third-order valence-corrected chi connectivity index (χ3v) is 2.70. The fourth-order valence-electron chi connectivity index (χ4n) is 1.39. The van der Waals surface area contributed by atoms with E-state index in [0.717, 1.165) is 0 Å². The van der Waals surface area contributed by atoms with Gasteiger partial charge in [0.15, 0.2) is 5.69 Å². The lowest BCUT2D eigenvalue weighted by Gasteiger charge is -2.03. The number of hydrogen-bond acceptors (Lipinski definition) is 2. The molecule has 1 N–H and O–H groups in total. The lowest BCUT2D eigenvalue weighted by Crippen LogP contribution is -2.05. The van der Waals surface area contributed by atoms with Crippen molar-refractivity contribution < 1.29 is 14.3 Å². The van der Waals surface area contributed by atoms with Gasteiger partial charge in [-0.1, -0.05) is 22.0 Å². The number of rotatable bonds is 3. The third kappa shape index (κ3) is 2.71. The lowest BCUT2D eigenvalue weighted by atomic mass is 10.2. The zero-order valence-electron chi connectivity index (χ0n) is 8.60. The molecular weight excluding hydrogens is 291 g/mol. The summed E-state index contributed by atoms with van der Waals surface area (Å²) < 4.78 is 15.6. The Kier molecular flexibility index (Phi) is 3.23. The predicted octanol–water partition coefficient (Wildman–Crippen LogP) is 2.53. The van der Waals surface area contributed by atoms with Gasteiger partial charge >= 0.3 is 5.97 Å². The summed E-state index contributed by atoms with van der Waals surface area (Å²) in [6.07, 6.45) is 1.50. The molecule has 0 bridgehead atoms. The summed E-state index contributed by atoms with van der Waals surface area (Å²) in [5.74, 6) is -1.45. The zero-order valence-corrected chi connectivity index (χ0v) is 10.2. The summed E-state index contributed by atoms with van der Waals surface area (Å²) in [6, 6.07) is 6.08. The maximum Gasteiger partial charge on any atom is 0.356 e. The standard InChI is InChI=1S/C11H8BrFN2O2/c12-8-2-1-7(9(13)5-8)6-15-4-3-10(14-15)11(16)17/h1-5H,6H2,(H,16,17). The van der Waals surface area contributed by atoms with Crippen molar-refractivity contribution in [2.24, 2.45) is 0 Å². The van der Waals surface area contributed by atoms with E-state index in [2.05, 4.69) is 21.0 Å². The van der Waals surface area contributed by atoms with E-state index in [-0.39, 0.29) is 18.1 Å². The largest absolute Gasteiger partial charge is 0.476 e. The van der Waals surface area contributed by atoms with Crippen molar-refractivity contribution >= 4 is 21.9 Å². The molecule has 6 heteroatoms. The van der Waals surface area contributed by atoms with E-state index in [1.54, 1.807) is 12.1 Å². The number of benzene rings is 1. The van der Waals surface area contributed by atoms with Gasteiger partial charge in [0, 0.05) is 16.2 Å². The average molecular weight is 299 g/mol. The molecule has 1 aromatic carbocycles. The molecular formula is C11H8BrFN2O2. The minimum atomic E-state index is -1.10. The van der Waals surface area contributed by atoms with E-state index in [4.69, 9.17) is 5.11 Å². The van der Waals surface area contributed by atoms with Crippen molar-refractivity contribution in [1.29, 1.82) is 0 Å². The summed E-state index contributed by atoms with van der Waals surface area (Å²) in [5.41, 5.74) is 0.399. The average Bonchev–Trinajstić information content (AvgIpc) is 2.71. The molecule has 0 radical (unpaired) electrons. The maximum atomic E-state index is 13.5. The highest BCUT2D eigenvalue weighted by Crippen LogP contribution is 2.16. The van der Waals surface area contributed by atoms with Crippen LogP contribution in [-0.2, 0) is 6.54 Å². The summed E-state index contributed by atoms with van der Waals surface area (Å²) >= 11 is 3.16. The molecule has 0 unspecified atom stereocenters. The van der Waals surface area contributed by atoms with Crippen molar-refractivity contribution in [3.63, 3.8) is 0 Å². The molecule has 0 saturated heterocycles. The number of carboxylic acids is 1. The second-order valence-electron chi connectivity index (χ2n) is 3.44. The second-order valence-corrected chi connectivity index (χ2v) is 4.36. The molecule has 1 aromatic heterocycles. The number of hydrogen-bond donors (Lipinski definition) is 1. The van der Waals surface area contributed by atoms with E-state index in [9.17, 15) is 9.18 Å². The summed E-state index contributed by atoms with van der Waals surface area (Å²) in [5, 5.41) is 12.5. The topological polar surface area (TPSA) is 55.1 Å². The number of carbonyl (C=O) groups is 1. The Labute approximate surface area is 105 Å². The second kappa shape index (κ2) is 4.67. The fraction of sp³-hybridized carbons (Fsp3) is 0.0909. The van der Waals surface area contributed by atoms with Gasteiger partial charge in [0.05, 0.1) is 6.54 Å². The van der Waals surface area contributed by atoms with E-state index < -0.39 is 5.97 Å². The molecule has 0 amide bonds. The summed E-state index contributed by atoms with van der Waals surface area (Å²) in [4.78, 5) is 10.6. The van der Waals surface area contributed by atoms with E-state index in [1.807, 2.05) is 0 Å². The molecule has 88 valence electrons. The SMILES string of the molecule is O=C(O)c1ccn(Cc2ccc(Br)cc2F)n1. The van der Waals surface area contributed by atoms with Crippen molar-refractivity contribution in [2.45, 2.75) is 6.54 Å². The number of carboxylic acid groups (broad SMARTS) is 1. The van der Waals surface area contributed by atoms with Gasteiger partial charge in [0.2, 0.25) is 0 Å². The zero-order chi connectivity index (χ0) is 12.4. The van der Waals surface area contributed by atoms with Crippen LogP contribution in [-0.4, -0.2) is 20.9 Å². The summed E-state index contributed by atoms with van der Waals surface area (Å²) in [7, 11) is 0. The van der Waals surface area contributed by atoms with Crippen LogP contribution in [0.25, 0.3) is 0 Å². The molecule has 2 aromatic rings. The minimum Gasteiger partial charge on any atom is -0.476 e. The van der Waals surface area contributed by atoms with Crippen LogP contribution in [0.1, 0.15) is 16.1 Å². The number of aromatic nitrogens is 2. The molecule has 0 aliphatic heterocycles. The van der Waals surface area contributed by atoms with E-state index >= 15 is 0 Å². The Hall–Kier alpha value is -1.69. The molecule has 1 heterocycles. The summed E-state index contributed by atoms with van der Waals surface area (Å²) in [6.45, 7) is 0.201. The van der Waals surface area contributed by atoms with Crippen LogP contribution in [0.5, 0.6) is 0 Å². The van der Waals surface area contributed by atoms with Crippen LogP contribution < -0.4 is 0 Å². The first-order valence-electron chi connectivity index (χ1n) is 4.77. The van der Waals surface area contributed by atoms with Crippen LogP contribution in [0.4, 0.5) is 4.39 Å². The quantitative estimate of drug-likeness (QED) is 0.947. The van der Waals surface area contributed by atoms with Gasteiger partial charge in [-0.2, -0.15) is 5.10 Å². The Morgan fingerprint density at radius 2 is 2.24 bits per heavy atom. The Bertz CT molecular complexity index is 568. The van der Waals surface area contributed by atoms with Gasteiger partial charge in [-0.3, -0.25) is 4.68 Å². The fourth-order valence-corrected chi connectivity index (χ4v) is 1.72. The van der Waals surface area contributed by atoms with Crippen LogP contribution in [0.15, 0.2) is 34.9 Å². The van der Waals surface area contributed by atoms with Crippen LogP contribution in [0.2, 0.25) is 0 Å². The molecule has 0 atom stereocenters. The molecule has 0 fully saturated rings. The third-order valence-electron chi connectivity index (χ3n) is 2.21. The van der Waals surface area contributed by atoms with Gasteiger partial charge in [-0.05, 0) is 18.2 Å². The van der Waals surface area contributed by atoms with Crippen LogP contribution >= 0.6 is 15.9 Å². The van der Waals surface area contributed by atoms with Crippen molar-refractivity contribution in [3.8, 4) is 0 Å². The van der Waals surface area contributed by atoms with Crippen LogP contribution in [0, 0.1) is 5.82 Å². The lowest BCUT2D eigenvalue weighted by molar-refractivity contribution is 0.0689. The first-order chi connectivity index (χ1) is 8.06. The predicted molar refractivity (Wildman–Crippen MR) is 62.4 cm³/mol. The Morgan fingerprint density at radius 1 is 1.47 bits per heavy atom. The van der Waals surface area contributed by atoms with E-state index in [1.165, 1.54) is 23.0 Å². The van der Waals surface area contributed by atoms with Crippen LogP contribution in [0.3, 0.4) is 0 Å². The number of aromatic carboxylic acids is 1. The van der Waals surface area contributed by atoms with Crippen molar-refractivity contribution in [2.75, 3.05) is 0 Å². The van der Waals surface area contributed by atoms with Gasteiger partial charge in [-0.25, -0.2) is 9.18 Å². The van der Waals surface area contributed by atoms with E-state index in [0.29, 0.717) is 10.0 Å². The minimum absolute atomic E-state index is 0.0532. The molecule has 17 heavy (non-hydrogen) atoms. The molecule has 4 nitrogen and oxygen atoms in total. The number of nitrogens with zero attached hydrogens (tertiary/aromatic N) is 2. The first-order valence-corrected chi connectivity index (χ1v) is 5.56. The first kappa shape index (κ1) is 11.8.